The predicted molar refractivity (Wildman–Crippen MR) is 125 cm³/mol. The molecule has 1 heterocycles. The molecule has 0 aliphatic heterocycles. The number of anilines is 1. The SMILES string of the molecule is Cc1c(C(=O)N(CCN(C)C)c2nc3c(C)cc(Cl)cc3s2)cccc1[N+](=O)[O-].Cl. The van der Waals surface area contributed by atoms with Gasteiger partial charge in [-0.15, -0.1) is 12.4 Å². The van der Waals surface area contributed by atoms with Crippen molar-refractivity contribution < 1.29 is 9.72 Å². The minimum Gasteiger partial charge on any atom is -0.308 e. The Morgan fingerprint density at radius 2 is 1.93 bits per heavy atom. The fourth-order valence-electron chi connectivity index (χ4n) is 3.04. The zero-order chi connectivity index (χ0) is 21.3. The van der Waals surface area contributed by atoms with Crippen molar-refractivity contribution in [3.05, 3.63) is 62.2 Å². The number of aromatic nitrogens is 1. The number of halogens is 2. The van der Waals surface area contributed by atoms with E-state index in [1.54, 1.807) is 17.9 Å². The monoisotopic (exact) mass is 468 g/mol. The largest absolute Gasteiger partial charge is 0.308 e. The number of nitro groups is 1. The first-order chi connectivity index (χ1) is 13.7. The number of carbonyl (C=O) groups is 1. The Kier molecular flexibility index (Phi) is 7.76. The molecule has 0 saturated carbocycles. The van der Waals surface area contributed by atoms with Crippen LogP contribution in [0.1, 0.15) is 21.5 Å². The Morgan fingerprint density at radius 1 is 1.23 bits per heavy atom. The van der Waals surface area contributed by atoms with Crippen LogP contribution in [0.4, 0.5) is 10.8 Å². The number of amides is 1. The molecule has 0 spiro atoms. The number of thiazole rings is 1. The molecule has 30 heavy (non-hydrogen) atoms. The van der Waals surface area contributed by atoms with Gasteiger partial charge >= 0.3 is 0 Å². The highest BCUT2D eigenvalue weighted by molar-refractivity contribution is 7.22. The highest BCUT2D eigenvalue weighted by atomic mass is 35.5. The molecule has 1 aromatic heterocycles. The summed E-state index contributed by atoms with van der Waals surface area (Å²) >= 11 is 7.55. The minimum absolute atomic E-state index is 0. The van der Waals surface area contributed by atoms with E-state index >= 15 is 0 Å². The molecule has 0 atom stereocenters. The van der Waals surface area contributed by atoms with Crippen LogP contribution in [-0.2, 0) is 0 Å². The van der Waals surface area contributed by atoms with Gasteiger partial charge in [0.25, 0.3) is 11.6 Å². The van der Waals surface area contributed by atoms with E-state index in [1.807, 2.05) is 38.1 Å². The second-order valence-electron chi connectivity index (χ2n) is 7.03. The maximum atomic E-state index is 13.4. The van der Waals surface area contributed by atoms with E-state index in [0.717, 1.165) is 15.8 Å². The van der Waals surface area contributed by atoms with Crippen molar-refractivity contribution in [2.45, 2.75) is 13.8 Å². The van der Waals surface area contributed by atoms with Crippen molar-refractivity contribution in [2.24, 2.45) is 0 Å². The normalized spacial score (nSPS) is 10.9. The molecule has 0 radical (unpaired) electrons. The quantitative estimate of drug-likeness (QED) is 0.371. The summed E-state index contributed by atoms with van der Waals surface area (Å²) in [4.78, 5) is 32.5. The first-order valence-electron chi connectivity index (χ1n) is 8.96. The molecule has 0 bridgehead atoms. The van der Waals surface area contributed by atoms with Gasteiger partial charge < -0.3 is 4.90 Å². The van der Waals surface area contributed by atoms with Crippen molar-refractivity contribution in [1.29, 1.82) is 0 Å². The van der Waals surface area contributed by atoms with Crippen LogP contribution in [0.3, 0.4) is 0 Å². The first kappa shape index (κ1) is 24.0. The number of likely N-dealkylation sites (N-methyl/N-ethyl adjacent to an activating group) is 1. The lowest BCUT2D eigenvalue weighted by Gasteiger charge is -2.22. The third-order valence-corrected chi connectivity index (χ3v) is 5.86. The molecule has 7 nitrogen and oxygen atoms in total. The van der Waals surface area contributed by atoms with Crippen molar-refractivity contribution >= 4 is 62.3 Å². The van der Waals surface area contributed by atoms with Crippen molar-refractivity contribution in [2.75, 3.05) is 32.1 Å². The lowest BCUT2D eigenvalue weighted by Crippen LogP contribution is -2.37. The van der Waals surface area contributed by atoms with Crippen molar-refractivity contribution in [3.8, 4) is 0 Å². The van der Waals surface area contributed by atoms with Crippen LogP contribution >= 0.6 is 35.3 Å². The third kappa shape index (κ3) is 4.89. The van der Waals surface area contributed by atoms with Gasteiger partial charge in [-0.05, 0) is 51.7 Å². The van der Waals surface area contributed by atoms with Gasteiger partial charge in [-0.1, -0.05) is 29.0 Å². The summed E-state index contributed by atoms with van der Waals surface area (Å²) in [6, 6.07) is 8.22. The van der Waals surface area contributed by atoms with Gasteiger partial charge in [0.2, 0.25) is 0 Å². The molecule has 0 aliphatic carbocycles. The van der Waals surface area contributed by atoms with E-state index in [9.17, 15) is 14.9 Å². The highest BCUT2D eigenvalue weighted by Gasteiger charge is 2.26. The van der Waals surface area contributed by atoms with Crippen molar-refractivity contribution in [1.82, 2.24) is 9.88 Å². The van der Waals surface area contributed by atoms with E-state index in [-0.39, 0.29) is 24.0 Å². The predicted octanol–water partition coefficient (Wildman–Crippen LogP) is 5.10. The standard InChI is InChI=1S/C20H21ClN4O3S.ClH/c1-12-10-14(21)11-17-18(12)22-20(29-17)24(9-8-23(3)4)19(26)15-6-5-7-16(13(15)2)25(27)28;/h5-7,10-11H,8-9H2,1-4H3;1H. The number of hydrogen-bond acceptors (Lipinski definition) is 6. The smallest absolute Gasteiger partial charge is 0.273 e. The molecule has 0 fully saturated rings. The Hall–Kier alpha value is -2.26. The summed E-state index contributed by atoms with van der Waals surface area (Å²) in [5.74, 6) is -0.309. The Morgan fingerprint density at radius 3 is 2.57 bits per heavy atom. The topological polar surface area (TPSA) is 79.6 Å². The molecule has 3 aromatic rings. The maximum absolute atomic E-state index is 13.4. The van der Waals surface area contributed by atoms with Gasteiger partial charge in [0.05, 0.1) is 15.1 Å². The van der Waals surface area contributed by atoms with Crippen LogP contribution in [0, 0.1) is 24.0 Å². The van der Waals surface area contributed by atoms with Crippen LogP contribution in [0.25, 0.3) is 10.2 Å². The first-order valence-corrected chi connectivity index (χ1v) is 10.2. The molecular weight excluding hydrogens is 447 g/mol. The van der Waals surface area contributed by atoms with E-state index in [4.69, 9.17) is 11.6 Å². The fourth-order valence-corrected chi connectivity index (χ4v) is 4.49. The lowest BCUT2D eigenvalue weighted by molar-refractivity contribution is -0.385. The van der Waals surface area contributed by atoms with Gasteiger partial charge in [0.15, 0.2) is 5.13 Å². The van der Waals surface area contributed by atoms with E-state index in [0.29, 0.717) is 34.4 Å². The average molecular weight is 469 g/mol. The Bertz CT molecular complexity index is 1100. The van der Waals surface area contributed by atoms with Gasteiger partial charge in [0, 0.05) is 35.3 Å². The Balaban J connectivity index is 0.00000320. The second-order valence-corrected chi connectivity index (χ2v) is 8.48. The van der Waals surface area contributed by atoms with Gasteiger partial charge in [-0.2, -0.15) is 0 Å². The summed E-state index contributed by atoms with van der Waals surface area (Å²) in [5.41, 5.74) is 2.30. The zero-order valence-electron chi connectivity index (χ0n) is 17.0. The maximum Gasteiger partial charge on any atom is 0.273 e. The summed E-state index contributed by atoms with van der Waals surface area (Å²) < 4.78 is 0.892. The number of carbonyl (C=O) groups excluding carboxylic acids is 1. The minimum atomic E-state index is -0.473. The summed E-state index contributed by atoms with van der Waals surface area (Å²) in [6.45, 7) is 4.54. The average Bonchev–Trinajstić information content (AvgIpc) is 3.05. The number of benzene rings is 2. The zero-order valence-corrected chi connectivity index (χ0v) is 19.4. The molecule has 0 saturated heterocycles. The number of aryl methyl sites for hydroxylation is 1. The van der Waals surface area contributed by atoms with Crippen LogP contribution in [0.2, 0.25) is 5.02 Å². The number of rotatable bonds is 6. The van der Waals surface area contributed by atoms with E-state index < -0.39 is 4.92 Å². The third-order valence-electron chi connectivity index (χ3n) is 4.62. The number of nitro benzene ring substituents is 1. The highest BCUT2D eigenvalue weighted by Crippen LogP contribution is 2.34. The Labute approximate surface area is 189 Å². The molecule has 0 N–H and O–H groups in total. The molecule has 2 aromatic carbocycles. The molecule has 0 aliphatic rings. The molecule has 1 amide bonds. The summed E-state index contributed by atoms with van der Waals surface area (Å²) in [7, 11) is 3.84. The molecular formula is C20H22Cl2N4O3S. The second kappa shape index (κ2) is 9.70. The molecule has 3 rings (SSSR count). The van der Waals surface area contributed by atoms with Crippen molar-refractivity contribution in [3.63, 3.8) is 0 Å². The van der Waals surface area contributed by atoms with Gasteiger partial charge in [-0.3, -0.25) is 19.8 Å². The van der Waals surface area contributed by atoms with Crippen LogP contribution in [0.15, 0.2) is 30.3 Å². The van der Waals surface area contributed by atoms with E-state index in [1.165, 1.54) is 23.5 Å². The number of hydrogen-bond donors (Lipinski definition) is 0. The number of fused-ring (bicyclic) bond motifs is 1. The van der Waals surface area contributed by atoms with Crippen LogP contribution in [-0.4, -0.2) is 47.9 Å². The van der Waals surface area contributed by atoms with Crippen LogP contribution < -0.4 is 4.90 Å². The summed E-state index contributed by atoms with van der Waals surface area (Å²) in [6.07, 6.45) is 0. The van der Waals surface area contributed by atoms with Gasteiger partial charge in [0.1, 0.15) is 0 Å². The lowest BCUT2D eigenvalue weighted by atomic mass is 10.1. The van der Waals surface area contributed by atoms with Crippen LogP contribution in [0.5, 0.6) is 0 Å². The summed E-state index contributed by atoms with van der Waals surface area (Å²) in [5, 5.41) is 12.5. The molecule has 10 heteroatoms. The number of nitrogens with zero attached hydrogens (tertiary/aromatic N) is 4. The fraction of sp³-hybridized carbons (Fsp3) is 0.300. The van der Waals surface area contributed by atoms with Gasteiger partial charge in [-0.25, -0.2) is 4.98 Å². The molecule has 0 unspecified atom stereocenters. The van der Waals surface area contributed by atoms with E-state index in [2.05, 4.69) is 4.98 Å². The molecule has 160 valence electrons.